The van der Waals surface area contributed by atoms with Crippen LogP contribution in [0.5, 0.6) is 11.5 Å². The number of rotatable bonds is 7. The van der Waals surface area contributed by atoms with E-state index in [-0.39, 0.29) is 11.3 Å². The van der Waals surface area contributed by atoms with Gasteiger partial charge in [-0.05, 0) is 42.0 Å². The number of nitriles is 1. The first-order chi connectivity index (χ1) is 15.0. The summed E-state index contributed by atoms with van der Waals surface area (Å²) in [5, 5.41) is 26.1. The van der Waals surface area contributed by atoms with Crippen molar-refractivity contribution >= 4 is 29.0 Å². The summed E-state index contributed by atoms with van der Waals surface area (Å²) in [6.07, 6.45) is 1.29. The number of carbonyl (C=O) groups is 1. The van der Waals surface area contributed by atoms with Crippen LogP contribution < -0.4 is 15.4 Å². The monoisotopic (exact) mass is 414 g/mol. The van der Waals surface area contributed by atoms with Crippen LogP contribution in [-0.4, -0.2) is 17.9 Å². The smallest absolute Gasteiger partial charge is 0.292 e. The van der Waals surface area contributed by atoms with Crippen LogP contribution in [0.2, 0.25) is 0 Å². The van der Waals surface area contributed by atoms with Gasteiger partial charge >= 0.3 is 0 Å². The number of nitrogens with one attached hydrogen (secondary N) is 2. The predicted octanol–water partition coefficient (Wildman–Crippen LogP) is 4.97. The maximum absolute atomic E-state index is 12.7. The lowest BCUT2D eigenvalue weighted by molar-refractivity contribution is -0.384. The minimum atomic E-state index is -0.660. The van der Waals surface area contributed by atoms with Gasteiger partial charge in [-0.2, -0.15) is 5.26 Å². The molecule has 0 aliphatic heterocycles. The van der Waals surface area contributed by atoms with Crippen LogP contribution in [0.3, 0.4) is 0 Å². The highest BCUT2D eigenvalue weighted by Crippen LogP contribution is 2.30. The molecule has 31 heavy (non-hydrogen) atoms. The number of hydrogen-bond acceptors (Lipinski definition) is 6. The van der Waals surface area contributed by atoms with Gasteiger partial charge < -0.3 is 15.4 Å². The van der Waals surface area contributed by atoms with Gasteiger partial charge in [0.05, 0.1) is 10.6 Å². The summed E-state index contributed by atoms with van der Waals surface area (Å²) < 4.78 is 5.81. The highest BCUT2D eigenvalue weighted by molar-refractivity contribution is 6.10. The number of benzene rings is 3. The molecule has 0 aliphatic rings. The van der Waals surface area contributed by atoms with E-state index in [4.69, 9.17) is 4.74 Å². The Bertz CT molecular complexity index is 1180. The molecular formula is C23H18N4O4. The zero-order valence-electron chi connectivity index (χ0n) is 16.5. The second kappa shape index (κ2) is 9.71. The number of hydrogen-bond donors (Lipinski definition) is 2. The van der Waals surface area contributed by atoms with E-state index in [1.807, 2.05) is 24.3 Å². The molecule has 8 heteroatoms. The second-order valence-electron chi connectivity index (χ2n) is 6.32. The van der Waals surface area contributed by atoms with Crippen molar-refractivity contribution in [1.82, 2.24) is 0 Å². The van der Waals surface area contributed by atoms with Crippen molar-refractivity contribution in [1.29, 1.82) is 5.26 Å². The van der Waals surface area contributed by atoms with Crippen molar-refractivity contribution in [2.75, 3.05) is 17.7 Å². The first kappa shape index (κ1) is 21.1. The summed E-state index contributed by atoms with van der Waals surface area (Å²) >= 11 is 0. The third kappa shape index (κ3) is 5.25. The van der Waals surface area contributed by atoms with E-state index in [9.17, 15) is 20.2 Å². The SMILES string of the molecule is CNc1ccc(/C=C(\C#N)C(=O)Nc2ccccc2Oc2ccccc2)cc1[N+](=O)[O-]. The summed E-state index contributed by atoms with van der Waals surface area (Å²) in [5.74, 6) is 0.345. The molecule has 0 heterocycles. The Hall–Kier alpha value is -4.64. The molecule has 3 aromatic carbocycles. The standard InChI is InChI=1S/C23H18N4O4/c1-25-19-12-11-16(14-21(19)27(29)30)13-17(15-24)23(28)26-20-9-5-6-10-22(20)31-18-7-3-2-4-8-18/h2-14,25H,1H3,(H,26,28)/b17-13+. The van der Waals surface area contributed by atoms with Crippen LogP contribution in [0.4, 0.5) is 17.1 Å². The van der Waals surface area contributed by atoms with E-state index in [0.717, 1.165) is 0 Å². The van der Waals surface area contributed by atoms with Crippen LogP contribution >= 0.6 is 0 Å². The summed E-state index contributed by atoms with van der Waals surface area (Å²) in [4.78, 5) is 23.4. The Labute approximate surface area is 178 Å². The average Bonchev–Trinajstić information content (AvgIpc) is 2.79. The lowest BCUT2D eigenvalue weighted by atomic mass is 10.1. The van der Waals surface area contributed by atoms with Gasteiger partial charge in [-0.15, -0.1) is 0 Å². The number of nitro groups is 1. The van der Waals surface area contributed by atoms with Gasteiger partial charge in [0.2, 0.25) is 0 Å². The van der Waals surface area contributed by atoms with E-state index in [1.54, 1.807) is 49.5 Å². The molecule has 0 radical (unpaired) electrons. The third-order valence-electron chi connectivity index (χ3n) is 4.27. The Morgan fingerprint density at radius 2 is 1.77 bits per heavy atom. The van der Waals surface area contributed by atoms with Gasteiger partial charge in [0.25, 0.3) is 11.6 Å². The molecule has 0 spiro atoms. The molecule has 0 fully saturated rings. The molecule has 0 unspecified atom stereocenters. The molecule has 0 bridgehead atoms. The molecule has 8 nitrogen and oxygen atoms in total. The molecule has 1 amide bonds. The average molecular weight is 414 g/mol. The molecule has 3 aromatic rings. The number of nitro benzene ring substituents is 1. The minimum absolute atomic E-state index is 0.157. The van der Waals surface area contributed by atoms with Gasteiger partial charge in [0, 0.05) is 13.1 Å². The van der Waals surface area contributed by atoms with Gasteiger partial charge in [-0.25, -0.2) is 0 Å². The molecule has 0 saturated carbocycles. The number of carbonyl (C=O) groups excluding carboxylic acids is 1. The largest absolute Gasteiger partial charge is 0.455 e. The lowest BCUT2D eigenvalue weighted by Gasteiger charge is -2.12. The summed E-state index contributed by atoms with van der Waals surface area (Å²) in [6.45, 7) is 0. The number of para-hydroxylation sites is 3. The number of nitrogens with zero attached hydrogens (tertiary/aromatic N) is 2. The maximum atomic E-state index is 12.7. The zero-order chi connectivity index (χ0) is 22.2. The number of ether oxygens (including phenoxy) is 1. The van der Waals surface area contributed by atoms with Crippen LogP contribution in [-0.2, 0) is 4.79 Å². The summed E-state index contributed by atoms with van der Waals surface area (Å²) in [7, 11) is 1.57. The molecule has 154 valence electrons. The first-order valence-corrected chi connectivity index (χ1v) is 9.23. The van der Waals surface area contributed by atoms with Crippen LogP contribution in [0.25, 0.3) is 6.08 Å². The van der Waals surface area contributed by atoms with E-state index >= 15 is 0 Å². The number of amides is 1. The predicted molar refractivity (Wildman–Crippen MR) is 118 cm³/mol. The summed E-state index contributed by atoms with van der Waals surface area (Å²) in [6, 6.07) is 22.1. The molecule has 0 saturated heterocycles. The Morgan fingerprint density at radius 3 is 2.45 bits per heavy atom. The Morgan fingerprint density at radius 1 is 1.06 bits per heavy atom. The lowest BCUT2D eigenvalue weighted by Crippen LogP contribution is -2.14. The molecule has 0 aromatic heterocycles. The van der Waals surface area contributed by atoms with Crippen LogP contribution in [0.15, 0.2) is 78.4 Å². The van der Waals surface area contributed by atoms with Gasteiger partial charge in [0.1, 0.15) is 23.1 Å². The minimum Gasteiger partial charge on any atom is -0.455 e. The third-order valence-corrected chi connectivity index (χ3v) is 4.27. The highest BCUT2D eigenvalue weighted by Gasteiger charge is 2.16. The fourth-order valence-corrected chi connectivity index (χ4v) is 2.78. The second-order valence-corrected chi connectivity index (χ2v) is 6.32. The quantitative estimate of drug-likeness (QED) is 0.244. The van der Waals surface area contributed by atoms with E-state index < -0.39 is 10.8 Å². The maximum Gasteiger partial charge on any atom is 0.292 e. The van der Waals surface area contributed by atoms with Crippen LogP contribution in [0.1, 0.15) is 5.56 Å². The number of anilines is 2. The topological polar surface area (TPSA) is 117 Å². The van der Waals surface area contributed by atoms with Crippen molar-refractivity contribution in [2.24, 2.45) is 0 Å². The Balaban J connectivity index is 1.85. The molecule has 0 aliphatic carbocycles. The van der Waals surface area contributed by atoms with Gasteiger partial charge in [-0.3, -0.25) is 14.9 Å². The molecule has 0 atom stereocenters. The van der Waals surface area contributed by atoms with Crippen molar-refractivity contribution in [3.05, 3.63) is 94.0 Å². The van der Waals surface area contributed by atoms with E-state index in [1.165, 1.54) is 18.2 Å². The van der Waals surface area contributed by atoms with Gasteiger partial charge in [-0.1, -0.05) is 36.4 Å². The van der Waals surface area contributed by atoms with Crippen molar-refractivity contribution < 1.29 is 14.5 Å². The fraction of sp³-hybridized carbons (Fsp3) is 0.0435. The van der Waals surface area contributed by atoms with E-state index in [0.29, 0.717) is 28.4 Å². The fourth-order valence-electron chi connectivity index (χ4n) is 2.78. The van der Waals surface area contributed by atoms with Crippen molar-refractivity contribution in [3.8, 4) is 17.6 Å². The Kier molecular flexibility index (Phi) is 6.60. The van der Waals surface area contributed by atoms with Crippen molar-refractivity contribution in [3.63, 3.8) is 0 Å². The molecule has 3 rings (SSSR count). The molecular weight excluding hydrogens is 396 g/mol. The van der Waals surface area contributed by atoms with E-state index in [2.05, 4.69) is 10.6 Å². The normalized spacial score (nSPS) is 10.6. The van der Waals surface area contributed by atoms with Crippen molar-refractivity contribution in [2.45, 2.75) is 0 Å². The highest BCUT2D eigenvalue weighted by atomic mass is 16.6. The van der Waals surface area contributed by atoms with Crippen LogP contribution in [0, 0.1) is 21.4 Å². The zero-order valence-corrected chi connectivity index (χ0v) is 16.5. The first-order valence-electron chi connectivity index (χ1n) is 9.23. The van der Waals surface area contributed by atoms with Gasteiger partial charge in [0.15, 0.2) is 5.75 Å². The molecule has 2 N–H and O–H groups in total. The summed E-state index contributed by atoms with van der Waals surface area (Å²) in [5.41, 5.74) is 0.703.